The molecular weight excluding hydrogens is 387 g/mol. The number of halogens is 3. The van der Waals surface area contributed by atoms with Crippen molar-refractivity contribution in [1.82, 2.24) is 0 Å². The summed E-state index contributed by atoms with van der Waals surface area (Å²) in [6.45, 7) is 0.116. The van der Waals surface area contributed by atoms with E-state index in [1.165, 1.54) is 11.6 Å². The van der Waals surface area contributed by atoms with E-state index in [0.717, 1.165) is 22.9 Å². The molecule has 0 aliphatic rings. The average Bonchev–Trinajstić information content (AvgIpc) is 2.44. The highest BCUT2D eigenvalue weighted by atomic mass is 79.9. The summed E-state index contributed by atoms with van der Waals surface area (Å²) in [6.07, 6.45) is 1.53. The highest BCUT2D eigenvalue weighted by Crippen LogP contribution is 2.21. The van der Waals surface area contributed by atoms with Gasteiger partial charge in [-0.25, -0.2) is 4.39 Å². The van der Waals surface area contributed by atoms with Gasteiger partial charge in [-0.3, -0.25) is 0 Å². The summed E-state index contributed by atoms with van der Waals surface area (Å²) in [6, 6.07) is 13.1. The Labute approximate surface area is 135 Å². The molecule has 2 aromatic carbocycles. The second-order valence-corrected chi connectivity index (χ2v) is 6.60. The molecule has 106 valence electrons. The SMILES string of the molecule is OCC(Cc1ccc(Br)cc1)Cc1ccc(F)c(Br)c1. The zero-order valence-corrected chi connectivity index (χ0v) is 14.0. The van der Waals surface area contributed by atoms with Gasteiger partial charge in [0.25, 0.3) is 0 Å². The van der Waals surface area contributed by atoms with Crippen molar-refractivity contribution >= 4 is 31.9 Å². The van der Waals surface area contributed by atoms with Gasteiger partial charge in [0.2, 0.25) is 0 Å². The first-order valence-electron chi connectivity index (χ1n) is 6.37. The van der Waals surface area contributed by atoms with Crippen LogP contribution in [0.25, 0.3) is 0 Å². The van der Waals surface area contributed by atoms with E-state index in [1.54, 1.807) is 12.1 Å². The molecule has 0 amide bonds. The zero-order valence-electron chi connectivity index (χ0n) is 10.8. The summed E-state index contributed by atoms with van der Waals surface area (Å²) >= 11 is 6.60. The molecule has 1 N–H and O–H groups in total. The fourth-order valence-corrected chi connectivity index (χ4v) is 2.85. The van der Waals surface area contributed by atoms with Crippen molar-refractivity contribution in [3.8, 4) is 0 Å². The van der Waals surface area contributed by atoms with Crippen molar-refractivity contribution in [2.75, 3.05) is 6.61 Å². The summed E-state index contributed by atoms with van der Waals surface area (Å²) < 4.78 is 14.7. The second-order valence-electron chi connectivity index (χ2n) is 4.83. The molecule has 2 rings (SSSR count). The van der Waals surface area contributed by atoms with E-state index < -0.39 is 0 Å². The summed E-state index contributed by atoms with van der Waals surface area (Å²) in [5.41, 5.74) is 2.21. The molecule has 0 saturated carbocycles. The number of hydrogen-bond donors (Lipinski definition) is 1. The van der Waals surface area contributed by atoms with Gasteiger partial charge in [0.1, 0.15) is 5.82 Å². The molecule has 0 radical (unpaired) electrons. The highest BCUT2D eigenvalue weighted by Gasteiger charge is 2.11. The first-order valence-corrected chi connectivity index (χ1v) is 7.96. The molecule has 0 aliphatic carbocycles. The van der Waals surface area contributed by atoms with Crippen LogP contribution in [0.15, 0.2) is 51.4 Å². The zero-order chi connectivity index (χ0) is 14.5. The van der Waals surface area contributed by atoms with E-state index in [4.69, 9.17) is 0 Å². The number of rotatable bonds is 5. The van der Waals surface area contributed by atoms with Gasteiger partial charge in [-0.2, -0.15) is 0 Å². The van der Waals surface area contributed by atoms with Gasteiger partial charge in [0.15, 0.2) is 0 Å². The molecule has 20 heavy (non-hydrogen) atoms. The maximum atomic E-state index is 13.2. The topological polar surface area (TPSA) is 20.2 Å². The van der Waals surface area contributed by atoms with Crippen molar-refractivity contribution in [1.29, 1.82) is 0 Å². The molecule has 0 aliphatic heterocycles. The van der Waals surface area contributed by atoms with Crippen molar-refractivity contribution in [2.45, 2.75) is 12.8 Å². The maximum absolute atomic E-state index is 13.2. The average molecular weight is 402 g/mol. The molecule has 2 aromatic rings. The van der Waals surface area contributed by atoms with E-state index in [0.29, 0.717) is 4.47 Å². The van der Waals surface area contributed by atoms with Gasteiger partial charge in [0.05, 0.1) is 4.47 Å². The van der Waals surface area contributed by atoms with Gasteiger partial charge >= 0.3 is 0 Å². The van der Waals surface area contributed by atoms with E-state index in [-0.39, 0.29) is 18.3 Å². The smallest absolute Gasteiger partial charge is 0.137 e. The van der Waals surface area contributed by atoms with Gasteiger partial charge in [-0.1, -0.05) is 34.1 Å². The summed E-state index contributed by atoms with van der Waals surface area (Å²) in [5.74, 6) is -0.129. The quantitative estimate of drug-likeness (QED) is 0.766. The molecule has 1 atom stereocenters. The molecule has 4 heteroatoms. The molecule has 1 nitrogen and oxygen atoms in total. The van der Waals surface area contributed by atoms with Crippen molar-refractivity contribution < 1.29 is 9.50 Å². The third-order valence-corrected chi connectivity index (χ3v) is 4.34. The summed E-state index contributed by atoms with van der Waals surface area (Å²) in [5, 5.41) is 9.53. The Bertz CT molecular complexity index is 569. The molecular formula is C16H15Br2FO. The Morgan fingerprint density at radius 1 is 0.950 bits per heavy atom. The van der Waals surface area contributed by atoms with Crippen molar-refractivity contribution in [3.63, 3.8) is 0 Å². The van der Waals surface area contributed by atoms with E-state index in [2.05, 4.69) is 31.9 Å². The van der Waals surface area contributed by atoms with E-state index >= 15 is 0 Å². The molecule has 0 spiro atoms. The molecule has 0 aromatic heterocycles. The van der Waals surface area contributed by atoms with Crippen LogP contribution in [-0.2, 0) is 12.8 Å². The van der Waals surface area contributed by atoms with Crippen LogP contribution in [0.5, 0.6) is 0 Å². The van der Waals surface area contributed by atoms with Crippen LogP contribution in [-0.4, -0.2) is 11.7 Å². The third-order valence-electron chi connectivity index (χ3n) is 3.20. The minimum Gasteiger partial charge on any atom is -0.396 e. The fraction of sp³-hybridized carbons (Fsp3) is 0.250. The molecule has 0 heterocycles. The van der Waals surface area contributed by atoms with E-state index in [1.807, 2.05) is 24.3 Å². The lowest BCUT2D eigenvalue weighted by molar-refractivity contribution is 0.225. The van der Waals surface area contributed by atoms with Crippen LogP contribution in [0.1, 0.15) is 11.1 Å². The molecule has 1 unspecified atom stereocenters. The van der Waals surface area contributed by atoms with Crippen LogP contribution >= 0.6 is 31.9 Å². The first kappa shape index (κ1) is 15.7. The lowest BCUT2D eigenvalue weighted by atomic mass is 9.93. The van der Waals surface area contributed by atoms with Crippen molar-refractivity contribution in [2.24, 2.45) is 5.92 Å². The normalized spacial score (nSPS) is 12.4. The first-order chi connectivity index (χ1) is 9.58. The second kappa shape index (κ2) is 7.34. The van der Waals surface area contributed by atoms with Gasteiger partial charge in [-0.05, 0) is 70.1 Å². The molecule has 0 bridgehead atoms. The summed E-state index contributed by atoms with van der Waals surface area (Å²) in [7, 11) is 0. The Morgan fingerprint density at radius 3 is 2.15 bits per heavy atom. The summed E-state index contributed by atoms with van der Waals surface area (Å²) in [4.78, 5) is 0. The lowest BCUT2D eigenvalue weighted by Crippen LogP contribution is -2.13. The minimum absolute atomic E-state index is 0.116. The fourth-order valence-electron chi connectivity index (χ4n) is 2.16. The monoisotopic (exact) mass is 400 g/mol. The van der Waals surface area contributed by atoms with E-state index in [9.17, 15) is 9.50 Å². The number of hydrogen-bond acceptors (Lipinski definition) is 1. The maximum Gasteiger partial charge on any atom is 0.137 e. The van der Waals surface area contributed by atoms with Crippen LogP contribution in [0.3, 0.4) is 0 Å². The Balaban J connectivity index is 2.04. The number of aliphatic hydroxyl groups is 1. The molecule has 0 saturated heterocycles. The van der Waals surface area contributed by atoms with Crippen LogP contribution in [0.4, 0.5) is 4.39 Å². The van der Waals surface area contributed by atoms with Gasteiger partial charge in [-0.15, -0.1) is 0 Å². The van der Waals surface area contributed by atoms with Crippen molar-refractivity contribution in [3.05, 3.63) is 68.4 Å². The Kier molecular flexibility index (Phi) is 5.75. The highest BCUT2D eigenvalue weighted by molar-refractivity contribution is 9.10. The predicted molar refractivity (Wildman–Crippen MR) is 86.2 cm³/mol. The van der Waals surface area contributed by atoms with Crippen LogP contribution in [0.2, 0.25) is 0 Å². The van der Waals surface area contributed by atoms with Gasteiger partial charge in [0, 0.05) is 11.1 Å². The van der Waals surface area contributed by atoms with Crippen LogP contribution in [0, 0.1) is 11.7 Å². The number of benzene rings is 2. The minimum atomic E-state index is -0.262. The Hall–Kier alpha value is -0.710. The Morgan fingerprint density at radius 2 is 1.55 bits per heavy atom. The van der Waals surface area contributed by atoms with Crippen LogP contribution < -0.4 is 0 Å². The van der Waals surface area contributed by atoms with Gasteiger partial charge < -0.3 is 5.11 Å². The predicted octanol–water partition coefficient (Wildman–Crippen LogP) is 4.74. The third kappa shape index (κ3) is 4.40. The largest absolute Gasteiger partial charge is 0.396 e. The number of aliphatic hydroxyl groups excluding tert-OH is 1. The lowest BCUT2D eigenvalue weighted by Gasteiger charge is -2.15. The molecule has 0 fully saturated rings. The standard InChI is InChI=1S/C16H15Br2FO/c17-14-4-1-11(2-5-14)7-13(10-20)8-12-3-6-16(19)15(18)9-12/h1-6,9,13,20H,7-8,10H2.